The Morgan fingerprint density at radius 2 is 1.90 bits per heavy atom. The third-order valence-corrected chi connectivity index (χ3v) is 6.61. The van der Waals surface area contributed by atoms with E-state index in [4.69, 9.17) is 0 Å². The molecule has 1 aliphatic heterocycles. The molecule has 2 aliphatic carbocycles. The zero-order valence-corrected chi connectivity index (χ0v) is 15.8. The van der Waals surface area contributed by atoms with Crippen molar-refractivity contribution in [3.63, 3.8) is 0 Å². The zero-order chi connectivity index (χ0) is 19.7. The molecule has 1 saturated heterocycles. The van der Waals surface area contributed by atoms with Crippen molar-refractivity contribution >= 4 is 16.7 Å². The van der Waals surface area contributed by atoms with Crippen molar-refractivity contribution in [2.24, 2.45) is 5.92 Å². The summed E-state index contributed by atoms with van der Waals surface area (Å²) in [4.78, 5) is 20.7. The second kappa shape index (κ2) is 6.10. The molecule has 3 aliphatic rings. The average molecular weight is 394 g/mol. The van der Waals surface area contributed by atoms with Crippen molar-refractivity contribution in [2.45, 2.75) is 18.8 Å². The van der Waals surface area contributed by atoms with Crippen LogP contribution in [0.5, 0.6) is 0 Å². The van der Waals surface area contributed by atoms with Crippen LogP contribution in [0.2, 0.25) is 0 Å². The van der Waals surface area contributed by atoms with E-state index in [1.54, 1.807) is 6.07 Å². The molecule has 3 aromatic rings. The molecule has 29 heavy (non-hydrogen) atoms. The van der Waals surface area contributed by atoms with Gasteiger partial charge in [0.1, 0.15) is 5.82 Å². The zero-order valence-electron chi connectivity index (χ0n) is 15.8. The van der Waals surface area contributed by atoms with Crippen molar-refractivity contribution in [1.82, 2.24) is 15.1 Å². The van der Waals surface area contributed by atoms with Gasteiger partial charge in [0.15, 0.2) is 5.82 Å². The van der Waals surface area contributed by atoms with Gasteiger partial charge in [0.25, 0.3) is 0 Å². The molecule has 0 spiro atoms. The summed E-state index contributed by atoms with van der Waals surface area (Å²) in [7, 11) is 0. The van der Waals surface area contributed by atoms with E-state index in [0.29, 0.717) is 41.7 Å². The number of piperazine rings is 1. The molecule has 0 radical (unpaired) electrons. The van der Waals surface area contributed by atoms with E-state index in [1.807, 2.05) is 23.1 Å². The summed E-state index contributed by atoms with van der Waals surface area (Å²) < 4.78 is 29.0. The molecule has 5 nitrogen and oxygen atoms in total. The van der Waals surface area contributed by atoms with Gasteiger partial charge in [0, 0.05) is 37.1 Å². The average Bonchev–Trinajstić information content (AvgIpc) is 3.39. The number of rotatable bonds is 2. The number of H-pyrrole nitrogens is 1. The Bertz CT molecular complexity index is 1200. The van der Waals surface area contributed by atoms with E-state index in [1.165, 1.54) is 17.5 Å². The molecule has 1 saturated carbocycles. The Hall–Kier alpha value is -2.80. The van der Waals surface area contributed by atoms with E-state index in [9.17, 15) is 9.28 Å². The molecule has 1 aromatic heterocycles. The molecule has 0 amide bonds. The van der Waals surface area contributed by atoms with Crippen LogP contribution < -0.4 is 10.6 Å². The molecule has 2 atom stereocenters. The molecule has 6 rings (SSSR count). The van der Waals surface area contributed by atoms with Crippen molar-refractivity contribution < 1.29 is 8.87 Å². The summed E-state index contributed by atoms with van der Waals surface area (Å²) in [5.41, 5.74) is 3.61. The van der Waals surface area contributed by atoms with Crippen LogP contribution in [-0.2, 0) is 6.42 Å². The summed E-state index contributed by atoms with van der Waals surface area (Å²) in [6.45, 7) is 1.27. The van der Waals surface area contributed by atoms with Crippen molar-refractivity contribution in [3.05, 3.63) is 57.8 Å². The van der Waals surface area contributed by atoms with Crippen molar-refractivity contribution in [3.8, 4) is 11.1 Å². The number of aromatic nitrogens is 2. The van der Waals surface area contributed by atoms with Gasteiger partial charge in [-0.15, -0.1) is 9.60 Å². The van der Waals surface area contributed by atoms with Crippen molar-refractivity contribution in [1.29, 1.82) is 0 Å². The van der Waals surface area contributed by atoms with Crippen LogP contribution in [0.25, 0.3) is 22.0 Å². The number of hydrogen-bond donors (Lipinski definition) is 1. The molecule has 2 heterocycles. The summed E-state index contributed by atoms with van der Waals surface area (Å²) >= 11 is 0. The molecule has 2 aromatic carbocycles. The maximum Gasteiger partial charge on any atom is 0.347 e. The first-order valence-electron chi connectivity index (χ1n) is 10.1. The summed E-state index contributed by atoms with van der Waals surface area (Å²) in [6.07, 6.45) is 2.26. The van der Waals surface area contributed by atoms with E-state index in [0.717, 1.165) is 17.1 Å². The maximum absolute atomic E-state index is 15.7. The van der Waals surface area contributed by atoms with Gasteiger partial charge in [-0.3, -0.25) is 0 Å². The second-order valence-corrected chi connectivity index (χ2v) is 8.30. The van der Waals surface area contributed by atoms with Gasteiger partial charge >= 0.3 is 5.69 Å². The highest BCUT2D eigenvalue weighted by atomic mass is 19.2. The molecule has 0 bridgehead atoms. The van der Waals surface area contributed by atoms with Gasteiger partial charge in [-0.05, 0) is 47.4 Å². The highest BCUT2D eigenvalue weighted by Gasteiger charge is 2.46. The predicted octanol–water partition coefficient (Wildman–Crippen LogP) is 3.40. The summed E-state index contributed by atoms with van der Waals surface area (Å²) in [5.74, 6) is 1.24. The molecule has 148 valence electrons. The standard InChI is InChI=1S/C22H20F2N4O/c23-19-15(14-3-1-2-12-10-13-11-17(13)18(12)14)4-5-16-20(19)25-22(29)26-21(16)27-6-8-28(24)9-7-27/h1-5,13,17H,6-11H2,(H,25,26,29). The lowest BCUT2D eigenvalue weighted by atomic mass is 9.93. The number of benzene rings is 2. The monoisotopic (exact) mass is 394 g/mol. The van der Waals surface area contributed by atoms with Gasteiger partial charge in [0.2, 0.25) is 0 Å². The fourth-order valence-electron chi connectivity index (χ4n) is 5.09. The van der Waals surface area contributed by atoms with Crippen LogP contribution >= 0.6 is 0 Å². The van der Waals surface area contributed by atoms with Crippen molar-refractivity contribution in [2.75, 3.05) is 31.1 Å². The van der Waals surface area contributed by atoms with E-state index in [2.05, 4.69) is 16.0 Å². The smallest absolute Gasteiger partial charge is 0.347 e. The highest BCUT2D eigenvalue weighted by molar-refractivity contribution is 5.93. The quantitative estimate of drug-likeness (QED) is 0.677. The van der Waals surface area contributed by atoms with Gasteiger partial charge in [0.05, 0.1) is 5.52 Å². The summed E-state index contributed by atoms with van der Waals surface area (Å²) in [6, 6.07) is 9.72. The summed E-state index contributed by atoms with van der Waals surface area (Å²) in [5, 5.41) is 1.29. The first-order chi connectivity index (χ1) is 14.1. The number of anilines is 1. The fourth-order valence-corrected chi connectivity index (χ4v) is 5.09. The maximum atomic E-state index is 15.7. The molecule has 2 fully saturated rings. The first kappa shape index (κ1) is 17.1. The minimum atomic E-state index is -0.591. The highest BCUT2D eigenvalue weighted by Crippen LogP contribution is 2.58. The van der Waals surface area contributed by atoms with Crippen LogP contribution in [-0.4, -0.2) is 41.3 Å². The van der Waals surface area contributed by atoms with Crippen LogP contribution in [0, 0.1) is 11.7 Å². The molecule has 7 heteroatoms. The number of hydrogen-bond acceptors (Lipinski definition) is 4. The lowest BCUT2D eigenvalue weighted by molar-refractivity contribution is 0.0199. The molecular formula is C22H20F2N4O. The first-order valence-corrected chi connectivity index (χ1v) is 10.1. The lowest BCUT2D eigenvalue weighted by Crippen LogP contribution is -2.43. The van der Waals surface area contributed by atoms with Crippen LogP contribution in [0.4, 0.5) is 14.7 Å². The van der Waals surface area contributed by atoms with E-state index >= 15 is 4.39 Å². The van der Waals surface area contributed by atoms with Crippen LogP contribution in [0.15, 0.2) is 35.1 Å². The van der Waals surface area contributed by atoms with Crippen LogP contribution in [0.1, 0.15) is 23.5 Å². The SMILES string of the molecule is O=c1nc(N2CCN(F)CC2)c2ccc(-c3cccc4c3C3CC3C4)c(F)c2[nH]1. The Morgan fingerprint density at radius 1 is 1.07 bits per heavy atom. The Kier molecular flexibility index (Phi) is 3.59. The van der Waals surface area contributed by atoms with Gasteiger partial charge in [-0.2, -0.15) is 4.98 Å². The topological polar surface area (TPSA) is 52.2 Å². The Morgan fingerprint density at radius 3 is 2.72 bits per heavy atom. The number of nitrogens with zero attached hydrogens (tertiary/aromatic N) is 3. The Labute approximate surface area is 165 Å². The van der Waals surface area contributed by atoms with E-state index < -0.39 is 11.5 Å². The Balaban J connectivity index is 1.51. The molecular weight excluding hydrogens is 374 g/mol. The lowest BCUT2D eigenvalue weighted by Gasteiger charge is -2.31. The van der Waals surface area contributed by atoms with Gasteiger partial charge in [-0.25, -0.2) is 9.18 Å². The molecule has 2 unspecified atom stereocenters. The van der Waals surface area contributed by atoms with E-state index in [-0.39, 0.29) is 18.6 Å². The number of halogens is 2. The van der Waals surface area contributed by atoms with Gasteiger partial charge in [-0.1, -0.05) is 24.3 Å². The molecule has 1 N–H and O–H groups in total. The normalized spacial score (nSPS) is 23.3. The largest absolute Gasteiger partial charge is 0.353 e. The third kappa shape index (κ3) is 2.60. The number of nitrogens with one attached hydrogen (secondary N) is 1. The predicted molar refractivity (Wildman–Crippen MR) is 107 cm³/mol. The third-order valence-electron chi connectivity index (χ3n) is 6.61. The fraction of sp³-hybridized carbons (Fsp3) is 0.364. The van der Waals surface area contributed by atoms with Gasteiger partial charge < -0.3 is 9.88 Å². The number of aromatic amines is 1. The minimum absolute atomic E-state index is 0.170. The van der Waals surface area contributed by atoms with Crippen LogP contribution in [0.3, 0.4) is 0 Å². The second-order valence-electron chi connectivity index (χ2n) is 8.30. The number of fused-ring (bicyclic) bond motifs is 4. The minimum Gasteiger partial charge on any atom is -0.353 e.